The zero-order valence-electron chi connectivity index (χ0n) is 16.0. The number of aliphatic hydroxyl groups is 1. The van der Waals surface area contributed by atoms with E-state index in [9.17, 15) is 9.90 Å². The van der Waals surface area contributed by atoms with Crippen molar-refractivity contribution in [2.75, 3.05) is 6.54 Å². The van der Waals surface area contributed by atoms with Gasteiger partial charge in [0, 0.05) is 18.3 Å². The molecule has 1 aromatic carbocycles. The number of nitrogens with one attached hydrogen (secondary N) is 1. The summed E-state index contributed by atoms with van der Waals surface area (Å²) in [4.78, 5) is 21.6. The van der Waals surface area contributed by atoms with E-state index in [0.717, 1.165) is 29.7 Å². The highest BCUT2D eigenvalue weighted by atomic mass is 16.3. The molecule has 0 bridgehead atoms. The highest BCUT2D eigenvalue weighted by Crippen LogP contribution is 2.31. The summed E-state index contributed by atoms with van der Waals surface area (Å²) in [5.74, 6) is 0.181. The SMILES string of the molecule is CCC(O)CNC(=O)c1cnn(-c2ncc3c(n2)-c2ccccc2CC3)c1C. The number of rotatable bonds is 5. The molecule has 0 spiro atoms. The number of benzene rings is 1. The fourth-order valence-corrected chi connectivity index (χ4v) is 3.44. The van der Waals surface area contributed by atoms with Crippen LogP contribution in [0.3, 0.4) is 0 Å². The van der Waals surface area contributed by atoms with Crippen LogP contribution in [0, 0.1) is 6.92 Å². The van der Waals surface area contributed by atoms with Gasteiger partial charge in [-0.2, -0.15) is 5.10 Å². The lowest BCUT2D eigenvalue weighted by Gasteiger charge is -2.19. The maximum Gasteiger partial charge on any atom is 0.254 e. The molecule has 0 aliphatic heterocycles. The second kappa shape index (κ2) is 7.52. The molecule has 1 unspecified atom stereocenters. The number of amides is 1. The molecule has 1 aliphatic rings. The third kappa shape index (κ3) is 3.29. The Kier molecular flexibility index (Phi) is 4.92. The maximum absolute atomic E-state index is 12.4. The number of carbonyl (C=O) groups is 1. The van der Waals surface area contributed by atoms with Gasteiger partial charge in [-0.25, -0.2) is 14.6 Å². The van der Waals surface area contributed by atoms with Crippen LogP contribution in [-0.4, -0.2) is 43.4 Å². The highest BCUT2D eigenvalue weighted by molar-refractivity contribution is 5.95. The second-order valence-corrected chi connectivity index (χ2v) is 7.03. The molecule has 7 nitrogen and oxygen atoms in total. The van der Waals surface area contributed by atoms with Crippen molar-refractivity contribution in [1.29, 1.82) is 0 Å². The van der Waals surface area contributed by atoms with Crippen LogP contribution in [0.4, 0.5) is 0 Å². The lowest BCUT2D eigenvalue weighted by atomic mass is 9.90. The van der Waals surface area contributed by atoms with Gasteiger partial charge >= 0.3 is 0 Å². The van der Waals surface area contributed by atoms with Gasteiger partial charge in [0.25, 0.3) is 11.9 Å². The summed E-state index contributed by atoms with van der Waals surface area (Å²) in [6.07, 6.45) is 5.30. The van der Waals surface area contributed by atoms with Gasteiger partial charge in [-0.05, 0) is 37.3 Å². The number of aryl methyl sites for hydroxylation is 2. The van der Waals surface area contributed by atoms with Crippen molar-refractivity contribution < 1.29 is 9.90 Å². The summed E-state index contributed by atoms with van der Waals surface area (Å²) in [6.45, 7) is 3.90. The van der Waals surface area contributed by atoms with E-state index in [1.807, 2.05) is 32.2 Å². The summed E-state index contributed by atoms with van der Waals surface area (Å²) >= 11 is 0. The van der Waals surface area contributed by atoms with Gasteiger partial charge in [0.2, 0.25) is 0 Å². The molecule has 2 aromatic heterocycles. The summed E-state index contributed by atoms with van der Waals surface area (Å²) < 4.78 is 1.59. The predicted octanol–water partition coefficient (Wildman–Crippen LogP) is 2.24. The van der Waals surface area contributed by atoms with E-state index in [4.69, 9.17) is 4.98 Å². The Morgan fingerprint density at radius 2 is 2.04 bits per heavy atom. The number of nitrogens with zero attached hydrogens (tertiary/aromatic N) is 4. The number of carbonyl (C=O) groups excluding carboxylic acids is 1. The quantitative estimate of drug-likeness (QED) is 0.711. The highest BCUT2D eigenvalue weighted by Gasteiger charge is 2.21. The first-order chi connectivity index (χ1) is 13.6. The van der Waals surface area contributed by atoms with E-state index in [0.29, 0.717) is 23.6 Å². The van der Waals surface area contributed by atoms with Crippen LogP contribution < -0.4 is 5.32 Å². The van der Waals surface area contributed by atoms with Gasteiger partial charge in [0.15, 0.2) is 0 Å². The van der Waals surface area contributed by atoms with Crippen LogP contribution in [0.2, 0.25) is 0 Å². The van der Waals surface area contributed by atoms with Crippen LogP contribution in [0.5, 0.6) is 0 Å². The molecular weight excluding hydrogens is 354 g/mol. The fraction of sp³-hybridized carbons (Fsp3) is 0.333. The minimum Gasteiger partial charge on any atom is -0.391 e. The van der Waals surface area contributed by atoms with Crippen LogP contribution in [0.15, 0.2) is 36.7 Å². The van der Waals surface area contributed by atoms with Crippen LogP contribution in [0.1, 0.15) is 40.5 Å². The lowest BCUT2D eigenvalue weighted by molar-refractivity contribution is 0.0913. The molecule has 1 atom stereocenters. The number of fused-ring (bicyclic) bond motifs is 3. The third-order valence-electron chi connectivity index (χ3n) is 5.20. The molecule has 0 fully saturated rings. The average Bonchev–Trinajstić information content (AvgIpc) is 3.12. The second-order valence-electron chi connectivity index (χ2n) is 7.03. The molecule has 7 heteroatoms. The van der Waals surface area contributed by atoms with E-state index in [2.05, 4.69) is 27.5 Å². The molecule has 0 radical (unpaired) electrons. The first kappa shape index (κ1) is 18.3. The van der Waals surface area contributed by atoms with Gasteiger partial charge in [-0.3, -0.25) is 4.79 Å². The van der Waals surface area contributed by atoms with Gasteiger partial charge in [0.1, 0.15) is 0 Å². The molecule has 1 aliphatic carbocycles. The summed E-state index contributed by atoms with van der Waals surface area (Å²) in [7, 11) is 0. The van der Waals surface area contributed by atoms with Gasteiger partial charge in [0.05, 0.1) is 29.3 Å². The van der Waals surface area contributed by atoms with Crippen LogP contribution >= 0.6 is 0 Å². The summed E-state index contributed by atoms with van der Waals surface area (Å²) in [5.41, 5.74) is 5.57. The smallest absolute Gasteiger partial charge is 0.254 e. The van der Waals surface area contributed by atoms with Gasteiger partial charge in [-0.1, -0.05) is 31.2 Å². The van der Waals surface area contributed by atoms with Crippen molar-refractivity contribution in [1.82, 2.24) is 25.1 Å². The van der Waals surface area contributed by atoms with Crippen LogP contribution in [0.25, 0.3) is 17.2 Å². The monoisotopic (exact) mass is 377 g/mol. The van der Waals surface area contributed by atoms with E-state index in [1.54, 1.807) is 4.68 Å². The molecule has 144 valence electrons. The number of hydrogen-bond donors (Lipinski definition) is 2. The molecule has 0 saturated heterocycles. The van der Waals surface area contributed by atoms with E-state index in [-0.39, 0.29) is 12.5 Å². The Balaban J connectivity index is 1.65. The van der Waals surface area contributed by atoms with Gasteiger partial charge < -0.3 is 10.4 Å². The molecule has 4 rings (SSSR count). The summed E-state index contributed by atoms with van der Waals surface area (Å²) in [5, 5.41) is 16.7. The van der Waals surface area contributed by atoms with Gasteiger partial charge in [-0.15, -0.1) is 0 Å². The zero-order chi connectivity index (χ0) is 19.7. The van der Waals surface area contributed by atoms with Crippen molar-refractivity contribution >= 4 is 5.91 Å². The Morgan fingerprint density at radius 1 is 1.25 bits per heavy atom. The first-order valence-corrected chi connectivity index (χ1v) is 9.54. The minimum atomic E-state index is -0.552. The Morgan fingerprint density at radius 3 is 2.86 bits per heavy atom. The third-order valence-corrected chi connectivity index (χ3v) is 5.20. The van der Waals surface area contributed by atoms with Crippen molar-refractivity contribution in [3.05, 3.63) is 59.0 Å². The molecule has 0 saturated carbocycles. The zero-order valence-corrected chi connectivity index (χ0v) is 16.0. The Bertz CT molecular complexity index is 1030. The Labute approximate surface area is 163 Å². The minimum absolute atomic E-state index is 0.214. The standard InChI is InChI=1S/C21H23N5O2/c1-3-16(27)11-22-20(28)18-12-24-26(13(18)2)21-23-10-15-9-8-14-6-4-5-7-17(14)19(15)25-21/h4-7,10,12,16,27H,3,8-9,11H2,1-2H3,(H,22,28). The van der Waals surface area contributed by atoms with Crippen molar-refractivity contribution in [2.24, 2.45) is 0 Å². The Hall–Kier alpha value is -3.06. The molecule has 1 amide bonds. The number of hydrogen-bond acceptors (Lipinski definition) is 5. The van der Waals surface area contributed by atoms with Crippen molar-refractivity contribution in [2.45, 2.75) is 39.2 Å². The molecule has 28 heavy (non-hydrogen) atoms. The molecule has 2 N–H and O–H groups in total. The molecule has 3 aromatic rings. The molecular formula is C21H23N5O2. The number of aromatic nitrogens is 4. The van der Waals surface area contributed by atoms with Crippen molar-refractivity contribution in [3.8, 4) is 17.2 Å². The maximum atomic E-state index is 12.4. The average molecular weight is 377 g/mol. The topological polar surface area (TPSA) is 92.9 Å². The van der Waals surface area contributed by atoms with E-state index < -0.39 is 6.10 Å². The van der Waals surface area contributed by atoms with Crippen LogP contribution in [-0.2, 0) is 12.8 Å². The first-order valence-electron chi connectivity index (χ1n) is 9.54. The van der Waals surface area contributed by atoms with Crippen molar-refractivity contribution in [3.63, 3.8) is 0 Å². The predicted molar refractivity (Wildman–Crippen MR) is 105 cm³/mol. The van der Waals surface area contributed by atoms with E-state index in [1.165, 1.54) is 11.8 Å². The normalized spacial score (nSPS) is 13.5. The molecule has 2 heterocycles. The summed E-state index contributed by atoms with van der Waals surface area (Å²) in [6, 6.07) is 8.27. The number of aliphatic hydroxyl groups excluding tert-OH is 1. The lowest BCUT2D eigenvalue weighted by Crippen LogP contribution is -2.32. The largest absolute Gasteiger partial charge is 0.391 e. The van der Waals surface area contributed by atoms with E-state index >= 15 is 0 Å². The fourth-order valence-electron chi connectivity index (χ4n) is 3.44.